The highest BCUT2D eigenvalue weighted by molar-refractivity contribution is 5.85. The van der Waals surface area contributed by atoms with E-state index in [9.17, 15) is 14.4 Å². The van der Waals surface area contributed by atoms with Crippen LogP contribution in [0.25, 0.3) is 11.0 Å². The van der Waals surface area contributed by atoms with Crippen LogP contribution in [-0.2, 0) is 35.4 Å². The molecule has 0 saturated carbocycles. The number of nitrogens with one attached hydrogen (secondary N) is 1. The van der Waals surface area contributed by atoms with Gasteiger partial charge in [-0.25, -0.2) is 9.59 Å². The van der Waals surface area contributed by atoms with Crippen molar-refractivity contribution >= 4 is 23.0 Å². The fraction of sp³-hybridized carbons (Fsp3) is 0.370. The second kappa shape index (κ2) is 11.0. The maximum absolute atomic E-state index is 12.5. The molecule has 0 atom stereocenters. The number of hydrogen-bond acceptors (Lipinski definition) is 6. The van der Waals surface area contributed by atoms with Crippen molar-refractivity contribution in [2.24, 2.45) is 0 Å². The number of carbonyl (C=O) groups is 2. The first-order valence-electron chi connectivity index (χ1n) is 11.8. The van der Waals surface area contributed by atoms with Gasteiger partial charge in [-0.1, -0.05) is 43.7 Å². The van der Waals surface area contributed by atoms with Crippen LogP contribution in [0.5, 0.6) is 5.75 Å². The second-order valence-corrected chi connectivity index (χ2v) is 8.47. The maximum atomic E-state index is 12.5. The lowest BCUT2D eigenvalue weighted by atomic mass is 9.90. The van der Waals surface area contributed by atoms with E-state index in [0.717, 1.165) is 66.2 Å². The Morgan fingerprint density at radius 2 is 1.82 bits per heavy atom. The molecule has 0 spiro atoms. The molecule has 7 nitrogen and oxygen atoms in total. The van der Waals surface area contributed by atoms with E-state index in [4.69, 9.17) is 13.9 Å². The number of esters is 1. The highest BCUT2D eigenvalue weighted by atomic mass is 16.5. The second-order valence-electron chi connectivity index (χ2n) is 8.47. The monoisotopic (exact) mass is 463 g/mol. The van der Waals surface area contributed by atoms with Gasteiger partial charge in [-0.05, 0) is 54.9 Å². The third-order valence-electron chi connectivity index (χ3n) is 5.96. The lowest BCUT2D eigenvalue weighted by molar-refractivity contribution is -0.134. The zero-order valence-corrected chi connectivity index (χ0v) is 19.4. The van der Waals surface area contributed by atoms with Crippen LogP contribution in [0.2, 0.25) is 0 Å². The highest BCUT2D eigenvalue weighted by Gasteiger charge is 2.20. The van der Waals surface area contributed by atoms with Crippen LogP contribution < -0.4 is 15.7 Å². The summed E-state index contributed by atoms with van der Waals surface area (Å²) in [4.78, 5) is 36.8. The molecule has 178 valence electrons. The van der Waals surface area contributed by atoms with Crippen molar-refractivity contribution in [2.45, 2.75) is 58.5 Å². The van der Waals surface area contributed by atoms with Crippen LogP contribution in [0.1, 0.15) is 54.9 Å². The van der Waals surface area contributed by atoms with Gasteiger partial charge in [0.15, 0.2) is 0 Å². The average molecular weight is 464 g/mol. The Labute approximate surface area is 198 Å². The molecule has 7 heteroatoms. The molecule has 3 aromatic rings. The summed E-state index contributed by atoms with van der Waals surface area (Å²) < 4.78 is 16.3. The van der Waals surface area contributed by atoms with Gasteiger partial charge in [0.1, 0.15) is 17.9 Å². The van der Waals surface area contributed by atoms with Gasteiger partial charge in [0.05, 0.1) is 6.42 Å². The van der Waals surface area contributed by atoms with Gasteiger partial charge in [-0.2, -0.15) is 0 Å². The summed E-state index contributed by atoms with van der Waals surface area (Å²) in [7, 11) is 0. The number of amides is 1. The fourth-order valence-electron chi connectivity index (χ4n) is 4.29. The minimum atomic E-state index is -0.597. The van der Waals surface area contributed by atoms with Crippen molar-refractivity contribution in [1.29, 1.82) is 0 Å². The van der Waals surface area contributed by atoms with E-state index < -0.39 is 12.1 Å². The van der Waals surface area contributed by atoms with Gasteiger partial charge in [0, 0.05) is 23.6 Å². The molecule has 1 N–H and O–H groups in total. The van der Waals surface area contributed by atoms with Crippen molar-refractivity contribution in [1.82, 2.24) is 5.32 Å². The SMILES string of the molecule is CCCc1cc2c3c(c(=O)oc2cc1OC(=O)CCNC(=O)OCc1ccccc1)CCCC3. The lowest BCUT2D eigenvalue weighted by Gasteiger charge is -2.18. The summed E-state index contributed by atoms with van der Waals surface area (Å²) in [5.74, 6) is -0.0923. The summed E-state index contributed by atoms with van der Waals surface area (Å²) in [5, 5.41) is 3.49. The highest BCUT2D eigenvalue weighted by Crippen LogP contribution is 2.32. The van der Waals surface area contributed by atoms with Crippen LogP contribution in [0.15, 0.2) is 51.7 Å². The number of benzene rings is 2. The van der Waals surface area contributed by atoms with Crippen LogP contribution in [0.3, 0.4) is 0 Å². The molecule has 0 aliphatic heterocycles. The van der Waals surface area contributed by atoms with Crippen LogP contribution in [0.4, 0.5) is 4.79 Å². The third kappa shape index (κ3) is 5.65. The molecule has 2 aromatic carbocycles. The zero-order chi connectivity index (χ0) is 23.9. The molecule has 0 unspecified atom stereocenters. The van der Waals surface area contributed by atoms with Crippen molar-refractivity contribution in [3.63, 3.8) is 0 Å². The molecular formula is C27H29NO6. The molecule has 1 aliphatic rings. The molecular weight excluding hydrogens is 434 g/mol. The summed E-state index contributed by atoms with van der Waals surface area (Å²) in [6.45, 7) is 2.30. The number of rotatable bonds is 8. The quantitative estimate of drug-likeness (QED) is 0.292. The van der Waals surface area contributed by atoms with E-state index in [1.165, 1.54) is 0 Å². The van der Waals surface area contributed by atoms with E-state index >= 15 is 0 Å². The van der Waals surface area contributed by atoms with E-state index in [1.54, 1.807) is 6.07 Å². The maximum Gasteiger partial charge on any atom is 0.407 e. The number of aryl methyl sites for hydroxylation is 2. The number of ether oxygens (including phenoxy) is 2. The Morgan fingerprint density at radius 1 is 1.06 bits per heavy atom. The molecule has 0 bridgehead atoms. The molecule has 1 aromatic heterocycles. The Kier molecular flexibility index (Phi) is 7.62. The summed E-state index contributed by atoms with van der Waals surface area (Å²) >= 11 is 0. The summed E-state index contributed by atoms with van der Waals surface area (Å²) in [5.41, 5.74) is 3.75. The van der Waals surface area contributed by atoms with E-state index in [-0.39, 0.29) is 25.2 Å². The number of fused-ring (bicyclic) bond motifs is 3. The zero-order valence-electron chi connectivity index (χ0n) is 19.4. The van der Waals surface area contributed by atoms with E-state index in [0.29, 0.717) is 11.3 Å². The molecule has 0 fully saturated rings. The first-order valence-corrected chi connectivity index (χ1v) is 11.8. The van der Waals surface area contributed by atoms with Crippen molar-refractivity contribution in [3.8, 4) is 5.75 Å². The Morgan fingerprint density at radius 3 is 2.59 bits per heavy atom. The van der Waals surface area contributed by atoms with Crippen molar-refractivity contribution in [3.05, 3.63) is 75.1 Å². The Hall–Kier alpha value is -3.61. The normalized spacial score (nSPS) is 12.7. The van der Waals surface area contributed by atoms with Gasteiger partial charge >= 0.3 is 17.7 Å². The number of carbonyl (C=O) groups excluding carboxylic acids is 2. The largest absolute Gasteiger partial charge is 0.445 e. The molecule has 1 heterocycles. The Bertz CT molecular complexity index is 1230. The summed E-state index contributed by atoms with van der Waals surface area (Å²) in [6.07, 6.45) is 4.64. The van der Waals surface area contributed by atoms with Gasteiger partial charge in [-0.15, -0.1) is 0 Å². The predicted molar refractivity (Wildman–Crippen MR) is 128 cm³/mol. The van der Waals surface area contributed by atoms with Crippen LogP contribution in [-0.4, -0.2) is 18.6 Å². The van der Waals surface area contributed by atoms with Gasteiger partial charge in [-0.3, -0.25) is 4.79 Å². The minimum absolute atomic E-state index is 0.0157. The van der Waals surface area contributed by atoms with Crippen molar-refractivity contribution < 1.29 is 23.5 Å². The summed E-state index contributed by atoms with van der Waals surface area (Å²) in [6, 6.07) is 13.0. The molecule has 1 amide bonds. The Balaban J connectivity index is 1.39. The van der Waals surface area contributed by atoms with Gasteiger partial charge < -0.3 is 19.2 Å². The third-order valence-corrected chi connectivity index (χ3v) is 5.96. The lowest BCUT2D eigenvalue weighted by Crippen LogP contribution is -2.27. The molecule has 0 radical (unpaired) electrons. The predicted octanol–water partition coefficient (Wildman–Crippen LogP) is 4.85. The van der Waals surface area contributed by atoms with Crippen molar-refractivity contribution in [2.75, 3.05) is 6.54 Å². The average Bonchev–Trinajstić information content (AvgIpc) is 2.84. The van der Waals surface area contributed by atoms with E-state index in [2.05, 4.69) is 12.2 Å². The van der Waals surface area contributed by atoms with Crippen LogP contribution in [0, 0.1) is 0 Å². The fourth-order valence-corrected chi connectivity index (χ4v) is 4.29. The van der Waals surface area contributed by atoms with E-state index in [1.807, 2.05) is 36.4 Å². The molecule has 4 rings (SSSR count). The minimum Gasteiger partial charge on any atom is -0.445 e. The molecule has 1 aliphatic carbocycles. The molecule has 0 saturated heterocycles. The molecule has 34 heavy (non-hydrogen) atoms. The van der Waals surface area contributed by atoms with Crippen LogP contribution >= 0.6 is 0 Å². The smallest absolute Gasteiger partial charge is 0.407 e. The first kappa shape index (κ1) is 23.5. The number of alkyl carbamates (subject to hydrolysis) is 1. The topological polar surface area (TPSA) is 94.8 Å². The first-order chi connectivity index (χ1) is 16.5. The standard InChI is InChI=1S/C27H29NO6/c1-2-8-19-15-22-20-11-6-7-12-21(20)26(30)34-24(22)16-23(19)33-25(29)13-14-28-27(31)32-17-18-9-4-3-5-10-18/h3-5,9-10,15-16H,2,6-8,11-14,17H2,1H3,(H,28,31). The van der Waals surface area contributed by atoms with Gasteiger partial charge in [0.2, 0.25) is 0 Å². The number of hydrogen-bond donors (Lipinski definition) is 1. The van der Waals surface area contributed by atoms with Gasteiger partial charge in [0.25, 0.3) is 0 Å².